The molecule has 1 aromatic carbocycles. The standard InChI is InChI=1S/C24H37N3O3/c25-24(13-4-5-14-24)23(30)26-21(18-20-6-2-1-3-7-20)8-9-22(29)27-15-10-19(11-16-27)12-17-28/h1-3,6-7,19,21,28H,4-5,8-18,25H2,(H,26,30). The van der Waals surface area contributed by atoms with Crippen LogP contribution < -0.4 is 11.1 Å². The van der Waals surface area contributed by atoms with Crippen molar-refractivity contribution in [2.45, 2.75) is 75.8 Å². The van der Waals surface area contributed by atoms with Gasteiger partial charge in [-0.2, -0.15) is 0 Å². The van der Waals surface area contributed by atoms with Crippen LogP contribution in [0.25, 0.3) is 0 Å². The van der Waals surface area contributed by atoms with Gasteiger partial charge in [0.15, 0.2) is 0 Å². The highest BCUT2D eigenvalue weighted by molar-refractivity contribution is 5.86. The molecular formula is C24H37N3O3. The number of carbonyl (C=O) groups is 2. The maximum absolute atomic E-state index is 12.9. The van der Waals surface area contributed by atoms with Gasteiger partial charge < -0.3 is 21.1 Å². The number of rotatable bonds is 9. The molecule has 30 heavy (non-hydrogen) atoms. The van der Waals surface area contributed by atoms with Gasteiger partial charge in [0, 0.05) is 32.2 Å². The first-order valence-corrected chi connectivity index (χ1v) is 11.5. The van der Waals surface area contributed by atoms with E-state index < -0.39 is 5.54 Å². The second-order valence-corrected chi connectivity index (χ2v) is 9.10. The molecule has 0 radical (unpaired) electrons. The Kier molecular flexibility index (Phi) is 8.28. The molecule has 4 N–H and O–H groups in total. The van der Waals surface area contributed by atoms with Crippen molar-refractivity contribution in [3.63, 3.8) is 0 Å². The van der Waals surface area contributed by atoms with Gasteiger partial charge in [-0.05, 0) is 56.4 Å². The van der Waals surface area contributed by atoms with Crippen molar-refractivity contribution in [2.75, 3.05) is 19.7 Å². The molecule has 1 aliphatic carbocycles. The van der Waals surface area contributed by atoms with Gasteiger partial charge in [-0.25, -0.2) is 0 Å². The Morgan fingerprint density at radius 3 is 2.47 bits per heavy atom. The second kappa shape index (κ2) is 10.9. The summed E-state index contributed by atoms with van der Waals surface area (Å²) in [5.74, 6) is 0.614. The molecule has 1 unspecified atom stereocenters. The van der Waals surface area contributed by atoms with Gasteiger partial charge in [0.05, 0.1) is 5.54 Å². The predicted molar refractivity (Wildman–Crippen MR) is 118 cm³/mol. The Bertz CT molecular complexity index is 680. The van der Waals surface area contributed by atoms with Gasteiger partial charge >= 0.3 is 0 Å². The molecule has 2 amide bonds. The Morgan fingerprint density at radius 1 is 1.17 bits per heavy atom. The van der Waals surface area contributed by atoms with Gasteiger partial charge in [-0.15, -0.1) is 0 Å². The van der Waals surface area contributed by atoms with Crippen LogP contribution in [-0.2, 0) is 16.0 Å². The number of benzene rings is 1. The van der Waals surface area contributed by atoms with Crippen LogP contribution in [0.2, 0.25) is 0 Å². The molecule has 1 heterocycles. The predicted octanol–water partition coefficient (Wildman–Crippen LogP) is 2.39. The quantitative estimate of drug-likeness (QED) is 0.577. The summed E-state index contributed by atoms with van der Waals surface area (Å²) in [5, 5.41) is 12.3. The molecule has 1 aromatic rings. The molecule has 0 bridgehead atoms. The number of hydrogen-bond donors (Lipinski definition) is 3. The van der Waals surface area contributed by atoms with Crippen molar-refractivity contribution >= 4 is 11.8 Å². The zero-order valence-electron chi connectivity index (χ0n) is 18.0. The molecule has 2 fully saturated rings. The molecule has 0 spiro atoms. The maximum Gasteiger partial charge on any atom is 0.240 e. The fourth-order valence-corrected chi connectivity index (χ4v) is 4.80. The first-order valence-electron chi connectivity index (χ1n) is 11.5. The number of nitrogens with zero attached hydrogens (tertiary/aromatic N) is 1. The van der Waals surface area contributed by atoms with Gasteiger partial charge in [0.2, 0.25) is 11.8 Å². The topological polar surface area (TPSA) is 95.7 Å². The van der Waals surface area contributed by atoms with Gasteiger partial charge in [0.25, 0.3) is 0 Å². The van der Waals surface area contributed by atoms with Crippen molar-refractivity contribution in [1.82, 2.24) is 10.2 Å². The number of piperidine rings is 1. The van der Waals surface area contributed by atoms with E-state index in [0.717, 1.165) is 63.6 Å². The molecule has 1 atom stereocenters. The summed E-state index contributed by atoms with van der Waals surface area (Å²) in [7, 11) is 0. The number of aliphatic hydroxyl groups is 1. The smallest absolute Gasteiger partial charge is 0.240 e. The minimum atomic E-state index is -0.756. The maximum atomic E-state index is 12.9. The molecule has 1 saturated heterocycles. The van der Waals surface area contributed by atoms with Crippen LogP contribution in [0.5, 0.6) is 0 Å². The highest BCUT2D eigenvalue weighted by Crippen LogP contribution is 2.28. The first kappa shape index (κ1) is 22.8. The average Bonchev–Trinajstić information content (AvgIpc) is 3.21. The zero-order valence-corrected chi connectivity index (χ0v) is 18.0. The van der Waals surface area contributed by atoms with Crippen LogP contribution in [0.15, 0.2) is 30.3 Å². The lowest BCUT2D eigenvalue weighted by Crippen LogP contribution is -2.55. The minimum absolute atomic E-state index is 0.0711. The van der Waals surface area contributed by atoms with Crippen LogP contribution in [-0.4, -0.2) is 53.1 Å². The van der Waals surface area contributed by atoms with E-state index in [9.17, 15) is 9.59 Å². The lowest BCUT2D eigenvalue weighted by atomic mass is 9.93. The molecule has 3 rings (SSSR count). The molecule has 6 heteroatoms. The number of nitrogens with two attached hydrogens (primary N) is 1. The number of carbonyl (C=O) groups excluding carboxylic acids is 2. The number of nitrogens with one attached hydrogen (secondary N) is 1. The third-order valence-corrected chi connectivity index (χ3v) is 6.82. The highest BCUT2D eigenvalue weighted by Gasteiger charge is 2.38. The molecule has 0 aromatic heterocycles. The largest absolute Gasteiger partial charge is 0.396 e. The summed E-state index contributed by atoms with van der Waals surface area (Å²) in [6.07, 6.45) is 7.97. The van der Waals surface area contributed by atoms with Crippen LogP contribution in [0.3, 0.4) is 0 Å². The number of aliphatic hydroxyl groups excluding tert-OH is 1. The first-order chi connectivity index (χ1) is 14.5. The van der Waals surface area contributed by atoms with Gasteiger partial charge in [-0.3, -0.25) is 9.59 Å². The fraction of sp³-hybridized carbons (Fsp3) is 0.667. The monoisotopic (exact) mass is 415 g/mol. The summed E-state index contributed by atoms with van der Waals surface area (Å²) < 4.78 is 0. The van der Waals surface area contributed by atoms with E-state index in [-0.39, 0.29) is 24.5 Å². The van der Waals surface area contributed by atoms with E-state index in [2.05, 4.69) is 17.4 Å². The minimum Gasteiger partial charge on any atom is -0.396 e. The van der Waals surface area contributed by atoms with Gasteiger partial charge in [0.1, 0.15) is 0 Å². The fourth-order valence-electron chi connectivity index (χ4n) is 4.80. The molecule has 1 saturated carbocycles. The zero-order chi connectivity index (χ0) is 21.4. The van der Waals surface area contributed by atoms with Crippen molar-refractivity contribution in [2.24, 2.45) is 11.7 Å². The molecule has 1 aliphatic heterocycles. The summed E-state index contributed by atoms with van der Waals surface area (Å²) >= 11 is 0. The molecule has 166 valence electrons. The summed E-state index contributed by atoms with van der Waals surface area (Å²) in [6.45, 7) is 1.76. The average molecular weight is 416 g/mol. The van der Waals surface area contributed by atoms with Crippen LogP contribution >= 0.6 is 0 Å². The van der Waals surface area contributed by atoms with Crippen LogP contribution in [0.1, 0.15) is 63.4 Å². The molecular weight excluding hydrogens is 378 g/mol. The Labute approximate surface area is 180 Å². The number of likely N-dealkylation sites (tertiary alicyclic amines) is 1. The Hall–Kier alpha value is -1.92. The van der Waals surface area contributed by atoms with Crippen LogP contribution in [0, 0.1) is 5.92 Å². The Morgan fingerprint density at radius 2 is 1.83 bits per heavy atom. The summed E-state index contributed by atoms with van der Waals surface area (Å²) in [4.78, 5) is 27.6. The van der Waals surface area contributed by atoms with Crippen molar-refractivity contribution < 1.29 is 14.7 Å². The molecule has 6 nitrogen and oxygen atoms in total. The van der Waals surface area contributed by atoms with Crippen molar-refractivity contribution in [3.05, 3.63) is 35.9 Å². The van der Waals surface area contributed by atoms with Crippen molar-refractivity contribution in [3.8, 4) is 0 Å². The van der Waals surface area contributed by atoms with E-state index >= 15 is 0 Å². The summed E-state index contributed by atoms with van der Waals surface area (Å²) in [6, 6.07) is 9.99. The number of amides is 2. The van der Waals surface area contributed by atoms with Gasteiger partial charge in [-0.1, -0.05) is 43.2 Å². The van der Waals surface area contributed by atoms with E-state index in [4.69, 9.17) is 10.8 Å². The van der Waals surface area contributed by atoms with Crippen molar-refractivity contribution in [1.29, 1.82) is 0 Å². The normalized spacial score (nSPS) is 20.1. The van der Waals surface area contributed by atoms with E-state index in [0.29, 0.717) is 25.2 Å². The summed E-state index contributed by atoms with van der Waals surface area (Å²) in [5.41, 5.74) is 6.74. The lowest BCUT2D eigenvalue weighted by Gasteiger charge is -2.32. The van der Waals surface area contributed by atoms with E-state index in [1.165, 1.54) is 0 Å². The SMILES string of the molecule is NC1(C(=O)NC(CCC(=O)N2CCC(CCO)CC2)Cc2ccccc2)CCCC1. The van der Waals surface area contributed by atoms with Crippen LogP contribution in [0.4, 0.5) is 0 Å². The third kappa shape index (κ3) is 6.29. The highest BCUT2D eigenvalue weighted by atomic mass is 16.3. The third-order valence-electron chi connectivity index (χ3n) is 6.82. The van der Waals surface area contributed by atoms with E-state index in [1.807, 2.05) is 23.1 Å². The lowest BCUT2D eigenvalue weighted by molar-refractivity contribution is -0.133. The molecule has 2 aliphatic rings. The second-order valence-electron chi connectivity index (χ2n) is 9.10. The number of hydrogen-bond acceptors (Lipinski definition) is 4. The Balaban J connectivity index is 1.55. The van der Waals surface area contributed by atoms with E-state index in [1.54, 1.807) is 0 Å².